The minimum atomic E-state index is -4.07. The number of primary sulfonamides is 1. The fourth-order valence-electron chi connectivity index (χ4n) is 4.93. The van der Waals surface area contributed by atoms with Crippen LogP contribution in [0.25, 0.3) is 0 Å². The van der Waals surface area contributed by atoms with E-state index in [-0.39, 0.29) is 54.3 Å². The van der Waals surface area contributed by atoms with Gasteiger partial charge in [0.1, 0.15) is 11.7 Å². The predicted molar refractivity (Wildman–Crippen MR) is 168 cm³/mol. The van der Waals surface area contributed by atoms with Gasteiger partial charge < -0.3 is 29.6 Å². The summed E-state index contributed by atoms with van der Waals surface area (Å²) in [7, 11) is -4.07. The van der Waals surface area contributed by atoms with Crippen molar-refractivity contribution in [2.75, 3.05) is 76.6 Å². The molecule has 1 saturated heterocycles. The number of amides is 4. The number of carbonyl (C=O) groups excluding carboxylic acids is 4. The minimum absolute atomic E-state index is 0.0452. The number of imide groups is 2. The summed E-state index contributed by atoms with van der Waals surface area (Å²) in [5, 5.41) is 24.4. The number of benzene rings is 2. The van der Waals surface area contributed by atoms with E-state index in [0.717, 1.165) is 11.0 Å². The Hall–Kier alpha value is -4.53. The lowest BCUT2D eigenvalue weighted by Gasteiger charge is -2.27. The Labute approximate surface area is 275 Å². The van der Waals surface area contributed by atoms with Crippen molar-refractivity contribution < 1.29 is 51.5 Å². The Morgan fingerprint density at radius 1 is 0.854 bits per heavy atom. The lowest BCUT2D eigenvalue weighted by atomic mass is 10.0. The van der Waals surface area contributed by atoms with Gasteiger partial charge in [-0.3, -0.25) is 39.5 Å². The van der Waals surface area contributed by atoms with E-state index in [9.17, 15) is 37.7 Å². The summed E-state index contributed by atoms with van der Waals surface area (Å²) < 4.78 is 44.7. The molecule has 2 aliphatic rings. The molecule has 4 amide bonds. The van der Waals surface area contributed by atoms with E-state index in [0.29, 0.717) is 51.9 Å². The smallest absolute Gasteiger partial charge is 0.293 e. The lowest BCUT2D eigenvalue weighted by Crippen LogP contribution is -2.54. The van der Waals surface area contributed by atoms with E-state index in [1.807, 2.05) is 0 Å². The molecular weight excluding hydrogens is 656 g/mol. The van der Waals surface area contributed by atoms with Gasteiger partial charge in [0.25, 0.3) is 17.5 Å². The van der Waals surface area contributed by atoms with E-state index in [1.54, 1.807) is 12.1 Å². The number of nitrogens with zero attached hydrogens (tertiary/aromatic N) is 2. The van der Waals surface area contributed by atoms with Crippen LogP contribution in [0.2, 0.25) is 0 Å². The Balaban J connectivity index is 1.02. The number of piperidine rings is 1. The van der Waals surface area contributed by atoms with E-state index in [2.05, 4.69) is 16.0 Å². The molecule has 1 atom stereocenters. The fraction of sp³-hybridized carbons (Fsp3) is 0.448. The molecule has 0 bridgehead atoms. The average molecular weight is 693 g/mol. The molecule has 0 spiro atoms. The number of nitro benzene ring substituents is 1. The summed E-state index contributed by atoms with van der Waals surface area (Å²) in [5.41, 5.74) is 0.534. The zero-order chi connectivity index (χ0) is 34.7. The van der Waals surface area contributed by atoms with Gasteiger partial charge in [-0.1, -0.05) is 6.07 Å². The van der Waals surface area contributed by atoms with Gasteiger partial charge in [-0.05, 0) is 30.7 Å². The zero-order valence-electron chi connectivity index (χ0n) is 25.8. The lowest BCUT2D eigenvalue weighted by molar-refractivity contribution is -0.384. The zero-order valence-corrected chi connectivity index (χ0v) is 26.6. The number of nitro groups is 1. The molecule has 2 aliphatic heterocycles. The molecule has 48 heavy (non-hydrogen) atoms. The summed E-state index contributed by atoms with van der Waals surface area (Å²) in [6.07, 6.45) is 0.127. The molecule has 260 valence electrons. The topological polar surface area (TPSA) is 248 Å². The van der Waals surface area contributed by atoms with Gasteiger partial charge in [0.15, 0.2) is 0 Å². The van der Waals surface area contributed by atoms with Crippen LogP contribution in [0.3, 0.4) is 0 Å². The molecule has 2 heterocycles. The number of carbonyl (C=O) groups is 4. The number of nitrogens with one attached hydrogen (secondary N) is 3. The highest BCUT2D eigenvalue weighted by Crippen LogP contribution is 2.32. The van der Waals surface area contributed by atoms with Crippen LogP contribution in [-0.4, -0.2) is 114 Å². The van der Waals surface area contributed by atoms with E-state index in [4.69, 9.17) is 24.1 Å². The molecule has 18 nitrogen and oxygen atoms in total. The van der Waals surface area contributed by atoms with Crippen LogP contribution >= 0.6 is 0 Å². The standard InChI is InChI=1S/C29H36N6O12S/c30-48(42,43)19-4-5-21(24(18-19)35(40)41)31-8-10-44-12-14-46-16-17-47-15-13-45-11-9-32-22-3-1-2-20-26(22)29(39)34(28(20)38)23-6-7-25(36)33-27(23)37/h1-5,18,23,31-32H,6-17H2,(H2,30,42,43)(H,33,36,37). The maximum absolute atomic E-state index is 13.1. The predicted octanol–water partition coefficient (Wildman–Crippen LogP) is 0.234. The first-order chi connectivity index (χ1) is 23.0. The second kappa shape index (κ2) is 17.0. The average Bonchev–Trinajstić information content (AvgIpc) is 3.29. The van der Waals surface area contributed by atoms with Crippen LogP contribution in [0.4, 0.5) is 17.1 Å². The second-order valence-electron chi connectivity index (χ2n) is 10.5. The summed E-state index contributed by atoms with van der Waals surface area (Å²) in [4.78, 5) is 60.9. The van der Waals surface area contributed by atoms with Gasteiger partial charge in [0, 0.05) is 31.3 Å². The Morgan fingerprint density at radius 2 is 1.44 bits per heavy atom. The first-order valence-electron chi connectivity index (χ1n) is 14.9. The largest absolute Gasteiger partial charge is 0.382 e. The molecule has 19 heteroatoms. The van der Waals surface area contributed by atoms with Crippen molar-refractivity contribution in [1.29, 1.82) is 0 Å². The minimum Gasteiger partial charge on any atom is -0.382 e. The number of nitrogens with two attached hydrogens (primary N) is 1. The third-order valence-electron chi connectivity index (χ3n) is 7.20. The number of anilines is 2. The maximum Gasteiger partial charge on any atom is 0.293 e. The van der Waals surface area contributed by atoms with Crippen LogP contribution in [0.5, 0.6) is 0 Å². The fourth-order valence-corrected chi connectivity index (χ4v) is 5.46. The molecular formula is C29H36N6O12S. The molecule has 0 saturated carbocycles. The number of hydrogen-bond acceptors (Lipinski definition) is 14. The molecule has 4 rings (SSSR count). The van der Waals surface area contributed by atoms with Crippen molar-refractivity contribution in [3.05, 3.63) is 57.6 Å². The first kappa shape index (κ1) is 36.3. The Bertz CT molecular complexity index is 1640. The number of rotatable bonds is 20. The van der Waals surface area contributed by atoms with Crippen molar-refractivity contribution in [2.24, 2.45) is 5.14 Å². The van der Waals surface area contributed by atoms with Crippen molar-refractivity contribution in [1.82, 2.24) is 10.2 Å². The van der Waals surface area contributed by atoms with Crippen LogP contribution < -0.4 is 21.1 Å². The Morgan fingerprint density at radius 3 is 2.00 bits per heavy atom. The van der Waals surface area contributed by atoms with Gasteiger partial charge in [-0.2, -0.15) is 0 Å². The highest BCUT2D eigenvalue weighted by Gasteiger charge is 2.45. The van der Waals surface area contributed by atoms with Gasteiger partial charge in [0.05, 0.1) is 73.8 Å². The molecule has 0 aromatic heterocycles. The maximum atomic E-state index is 13.1. The number of hydrogen-bond donors (Lipinski definition) is 4. The first-order valence-corrected chi connectivity index (χ1v) is 16.5. The highest BCUT2D eigenvalue weighted by atomic mass is 32.2. The molecule has 1 fully saturated rings. The Kier molecular flexibility index (Phi) is 12.9. The van der Waals surface area contributed by atoms with Crippen LogP contribution in [0.15, 0.2) is 41.3 Å². The molecule has 0 aliphatic carbocycles. The molecule has 2 aromatic carbocycles. The van der Waals surface area contributed by atoms with Crippen molar-refractivity contribution >= 4 is 50.7 Å². The third-order valence-corrected chi connectivity index (χ3v) is 8.11. The quantitative estimate of drug-likeness (QED) is 0.0628. The van der Waals surface area contributed by atoms with Crippen LogP contribution in [0, 0.1) is 10.1 Å². The summed E-state index contributed by atoms with van der Waals surface area (Å²) in [6.45, 7) is 2.98. The monoisotopic (exact) mass is 692 g/mol. The normalized spacial score (nSPS) is 16.2. The van der Waals surface area contributed by atoms with Crippen molar-refractivity contribution in [3.8, 4) is 0 Å². The highest BCUT2D eigenvalue weighted by molar-refractivity contribution is 7.89. The van der Waals surface area contributed by atoms with Gasteiger partial charge in [-0.25, -0.2) is 13.6 Å². The summed E-state index contributed by atoms with van der Waals surface area (Å²) in [5.74, 6) is -2.26. The number of fused-ring (bicyclic) bond motifs is 1. The number of ether oxygens (including phenoxy) is 4. The SMILES string of the molecule is NS(=O)(=O)c1ccc(NCCOCCOCCOCCOCCNc2cccc3c2C(=O)N(C2CCC(=O)NC2=O)C3=O)c([N+](=O)[O-])c1. The van der Waals surface area contributed by atoms with E-state index >= 15 is 0 Å². The van der Waals surface area contributed by atoms with Gasteiger partial charge in [0.2, 0.25) is 21.8 Å². The van der Waals surface area contributed by atoms with E-state index in [1.165, 1.54) is 18.2 Å². The van der Waals surface area contributed by atoms with Crippen molar-refractivity contribution in [2.45, 2.75) is 23.8 Å². The van der Waals surface area contributed by atoms with Crippen molar-refractivity contribution in [3.63, 3.8) is 0 Å². The van der Waals surface area contributed by atoms with Crippen LogP contribution in [0.1, 0.15) is 33.6 Å². The molecule has 0 radical (unpaired) electrons. The number of sulfonamides is 1. The third kappa shape index (κ3) is 9.52. The molecule has 1 unspecified atom stereocenters. The van der Waals surface area contributed by atoms with E-state index < -0.39 is 50.3 Å². The van der Waals surface area contributed by atoms with Gasteiger partial charge >= 0.3 is 0 Å². The molecule has 5 N–H and O–H groups in total. The van der Waals surface area contributed by atoms with Crippen LogP contribution in [-0.2, 0) is 38.6 Å². The summed E-state index contributed by atoms with van der Waals surface area (Å²) >= 11 is 0. The van der Waals surface area contributed by atoms with Gasteiger partial charge in [-0.15, -0.1) is 0 Å². The summed E-state index contributed by atoms with van der Waals surface area (Å²) in [6, 6.07) is 7.14. The molecule has 2 aromatic rings. The second-order valence-corrected chi connectivity index (χ2v) is 12.0.